The van der Waals surface area contributed by atoms with Gasteiger partial charge in [-0.3, -0.25) is 13.8 Å². The molecule has 11 heteroatoms. The predicted octanol–water partition coefficient (Wildman–Crippen LogP) is 4.68. The zero-order valence-corrected chi connectivity index (χ0v) is 20.0. The van der Waals surface area contributed by atoms with Crippen LogP contribution >= 0.6 is 34.7 Å². The van der Waals surface area contributed by atoms with Gasteiger partial charge in [-0.2, -0.15) is 0 Å². The molecule has 6 rings (SSSR count). The first-order valence-corrected chi connectivity index (χ1v) is 12.6. The van der Waals surface area contributed by atoms with Crippen molar-refractivity contribution in [2.24, 2.45) is 0 Å². The molecule has 0 atom stereocenters. The molecule has 168 valence electrons. The van der Waals surface area contributed by atoms with Gasteiger partial charge in [0.1, 0.15) is 0 Å². The van der Waals surface area contributed by atoms with Crippen LogP contribution in [-0.2, 0) is 12.3 Å². The number of thioether (sulfide) groups is 1. The molecule has 0 saturated carbocycles. The molecule has 0 bridgehead atoms. The van der Waals surface area contributed by atoms with Crippen molar-refractivity contribution in [1.29, 1.82) is 0 Å². The number of hydrogen-bond acceptors (Lipinski definition) is 7. The topological polar surface area (TPSA) is 82.9 Å². The molecule has 4 aromatic heterocycles. The van der Waals surface area contributed by atoms with Gasteiger partial charge in [-0.25, -0.2) is 9.97 Å². The Labute approximate surface area is 206 Å². The molecule has 0 amide bonds. The standard InChI is InChI=1S/C23H16ClN7OS2/c24-16-5-1-3-7-18(16)31-20(12-29-14-25-17-6-2-4-8-19(17)29)27-28-23(31)34-13-15-11-21(32)30-9-10-33-22(30)26-15/h1-11,14H,12-13H2. The van der Waals surface area contributed by atoms with Gasteiger partial charge in [-0.05, 0) is 24.3 Å². The number of nitrogens with zero attached hydrogens (tertiary/aromatic N) is 7. The number of thiazole rings is 1. The van der Waals surface area contributed by atoms with E-state index in [4.69, 9.17) is 11.6 Å². The van der Waals surface area contributed by atoms with Crippen LogP contribution in [0.3, 0.4) is 0 Å². The van der Waals surface area contributed by atoms with E-state index in [0.29, 0.717) is 33.1 Å². The van der Waals surface area contributed by atoms with Gasteiger partial charge in [-0.1, -0.05) is 47.6 Å². The van der Waals surface area contributed by atoms with Gasteiger partial charge < -0.3 is 4.57 Å². The summed E-state index contributed by atoms with van der Waals surface area (Å²) in [6, 6.07) is 17.1. The Bertz CT molecular complexity index is 1700. The first-order valence-electron chi connectivity index (χ1n) is 10.3. The number of hydrogen-bond donors (Lipinski definition) is 0. The van der Waals surface area contributed by atoms with Gasteiger partial charge in [-0.15, -0.1) is 21.5 Å². The minimum atomic E-state index is -0.0953. The number of halogens is 1. The van der Waals surface area contributed by atoms with E-state index in [-0.39, 0.29) is 5.56 Å². The molecule has 0 aliphatic rings. The lowest BCUT2D eigenvalue weighted by Crippen LogP contribution is -2.12. The summed E-state index contributed by atoms with van der Waals surface area (Å²) in [5.74, 6) is 1.20. The van der Waals surface area contributed by atoms with Crippen molar-refractivity contribution in [1.82, 2.24) is 33.7 Å². The summed E-state index contributed by atoms with van der Waals surface area (Å²) < 4.78 is 5.53. The number of imidazole rings is 1. The second-order valence-corrected chi connectivity index (χ2v) is 9.70. The van der Waals surface area contributed by atoms with Crippen LogP contribution < -0.4 is 5.56 Å². The highest BCUT2D eigenvalue weighted by atomic mass is 35.5. The molecule has 0 unspecified atom stereocenters. The van der Waals surface area contributed by atoms with E-state index < -0.39 is 0 Å². The number of aromatic nitrogens is 7. The van der Waals surface area contributed by atoms with Crippen LogP contribution in [0.4, 0.5) is 0 Å². The molecular weight excluding hydrogens is 490 g/mol. The normalized spacial score (nSPS) is 11.6. The zero-order valence-electron chi connectivity index (χ0n) is 17.6. The molecule has 0 radical (unpaired) electrons. The number of rotatable bonds is 6. The summed E-state index contributed by atoms with van der Waals surface area (Å²) >= 11 is 9.46. The van der Waals surface area contributed by atoms with Crippen molar-refractivity contribution < 1.29 is 0 Å². The smallest absolute Gasteiger partial charge is 0.258 e. The van der Waals surface area contributed by atoms with Crippen molar-refractivity contribution in [2.75, 3.05) is 0 Å². The second kappa shape index (κ2) is 8.71. The van der Waals surface area contributed by atoms with Crippen LogP contribution in [0.1, 0.15) is 11.5 Å². The molecule has 6 aromatic rings. The SMILES string of the molecule is O=c1cc(CSc2nnc(Cn3cnc4ccccc43)n2-c2ccccc2Cl)nc2sccn12. The first-order chi connectivity index (χ1) is 16.7. The molecule has 0 saturated heterocycles. The van der Waals surface area contributed by atoms with E-state index in [0.717, 1.165) is 22.5 Å². The van der Waals surface area contributed by atoms with Crippen molar-refractivity contribution in [2.45, 2.75) is 17.5 Å². The second-order valence-electron chi connectivity index (χ2n) is 7.48. The van der Waals surface area contributed by atoms with Gasteiger partial charge in [0.2, 0.25) is 0 Å². The van der Waals surface area contributed by atoms with Crippen molar-refractivity contribution in [3.63, 3.8) is 0 Å². The van der Waals surface area contributed by atoms with Crippen LogP contribution in [0.15, 0.2) is 82.5 Å². The summed E-state index contributed by atoms with van der Waals surface area (Å²) in [4.78, 5) is 22.1. The fraction of sp³-hybridized carbons (Fsp3) is 0.0870. The Morgan fingerprint density at radius 1 is 1.06 bits per heavy atom. The molecule has 34 heavy (non-hydrogen) atoms. The van der Waals surface area contributed by atoms with Crippen LogP contribution in [0.5, 0.6) is 0 Å². The molecule has 0 fully saturated rings. The number of para-hydroxylation sites is 3. The summed E-state index contributed by atoms with van der Waals surface area (Å²) in [5.41, 5.74) is 3.31. The van der Waals surface area contributed by atoms with Crippen molar-refractivity contribution >= 4 is 50.7 Å². The Kier molecular flexibility index (Phi) is 5.40. The summed E-state index contributed by atoms with van der Waals surface area (Å²) in [6.07, 6.45) is 3.53. The molecule has 0 N–H and O–H groups in total. The van der Waals surface area contributed by atoms with E-state index in [1.54, 1.807) is 23.0 Å². The average Bonchev–Trinajstić information content (AvgIpc) is 3.58. The van der Waals surface area contributed by atoms with Crippen LogP contribution in [0, 0.1) is 0 Å². The molecule has 0 aliphatic carbocycles. The molecular formula is C23H16ClN7OS2. The Hall–Kier alpha value is -3.47. The molecule has 0 aliphatic heterocycles. The predicted molar refractivity (Wildman–Crippen MR) is 134 cm³/mol. The number of fused-ring (bicyclic) bond motifs is 2. The monoisotopic (exact) mass is 505 g/mol. The third-order valence-electron chi connectivity index (χ3n) is 5.34. The average molecular weight is 506 g/mol. The van der Waals surface area contributed by atoms with Gasteiger partial charge in [0.25, 0.3) is 5.56 Å². The molecule has 2 aromatic carbocycles. The van der Waals surface area contributed by atoms with Crippen molar-refractivity contribution in [3.05, 3.63) is 99.4 Å². The third kappa shape index (κ3) is 3.79. The Balaban J connectivity index is 1.38. The minimum Gasteiger partial charge on any atom is -0.323 e. The quantitative estimate of drug-likeness (QED) is 0.306. The largest absolute Gasteiger partial charge is 0.323 e. The van der Waals surface area contributed by atoms with Gasteiger partial charge in [0.15, 0.2) is 15.9 Å². The van der Waals surface area contributed by atoms with E-state index in [1.165, 1.54) is 23.1 Å². The highest BCUT2D eigenvalue weighted by Gasteiger charge is 2.18. The highest BCUT2D eigenvalue weighted by Crippen LogP contribution is 2.29. The van der Waals surface area contributed by atoms with Gasteiger partial charge >= 0.3 is 0 Å². The lowest BCUT2D eigenvalue weighted by molar-refractivity contribution is 0.731. The fourth-order valence-electron chi connectivity index (χ4n) is 3.76. The maximum Gasteiger partial charge on any atom is 0.258 e. The van der Waals surface area contributed by atoms with Gasteiger partial charge in [0.05, 0.1) is 40.3 Å². The maximum absolute atomic E-state index is 12.4. The van der Waals surface area contributed by atoms with E-state index in [2.05, 4.69) is 20.2 Å². The third-order valence-corrected chi connectivity index (χ3v) is 7.38. The summed E-state index contributed by atoms with van der Waals surface area (Å²) in [5, 5.41) is 12.1. The highest BCUT2D eigenvalue weighted by molar-refractivity contribution is 7.98. The lowest BCUT2D eigenvalue weighted by atomic mass is 10.3. The maximum atomic E-state index is 12.4. The Morgan fingerprint density at radius 2 is 1.91 bits per heavy atom. The van der Waals surface area contributed by atoms with Crippen molar-refractivity contribution in [3.8, 4) is 5.69 Å². The summed E-state index contributed by atoms with van der Waals surface area (Å²) in [6.45, 7) is 0.472. The number of benzene rings is 2. The molecule has 0 spiro atoms. The van der Waals surface area contributed by atoms with Gasteiger partial charge in [0, 0.05) is 23.4 Å². The first kappa shape index (κ1) is 21.1. The van der Waals surface area contributed by atoms with E-state index in [9.17, 15) is 4.79 Å². The van der Waals surface area contributed by atoms with E-state index in [1.807, 2.05) is 63.0 Å². The summed E-state index contributed by atoms with van der Waals surface area (Å²) in [7, 11) is 0. The van der Waals surface area contributed by atoms with E-state index >= 15 is 0 Å². The van der Waals surface area contributed by atoms with Crippen LogP contribution in [-0.4, -0.2) is 33.7 Å². The molecule has 4 heterocycles. The Morgan fingerprint density at radius 3 is 2.82 bits per heavy atom. The molecule has 8 nitrogen and oxygen atoms in total. The fourth-order valence-corrected chi connectivity index (χ4v) is 5.58. The minimum absolute atomic E-state index is 0.0953. The zero-order chi connectivity index (χ0) is 23.1. The lowest BCUT2D eigenvalue weighted by Gasteiger charge is -2.12. The van der Waals surface area contributed by atoms with Crippen LogP contribution in [0.2, 0.25) is 5.02 Å². The van der Waals surface area contributed by atoms with Crippen LogP contribution in [0.25, 0.3) is 21.7 Å².